The number of fused-ring (bicyclic) bond motifs is 2. The Morgan fingerprint density at radius 1 is 1.14 bits per heavy atom. The lowest BCUT2D eigenvalue weighted by molar-refractivity contribution is -0.133. The molecule has 2 atom stereocenters. The van der Waals surface area contributed by atoms with Crippen LogP contribution in [0.15, 0.2) is 24.3 Å². The highest BCUT2D eigenvalue weighted by Gasteiger charge is 2.64. The van der Waals surface area contributed by atoms with Crippen LogP contribution in [-0.2, 0) is 16.1 Å². The van der Waals surface area contributed by atoms with E-state index in [9.17, 15) is 14.0 Å². The first-order valence-corrected chi connectivity index (χ1v) is 10.3. The molecule has 2 heterocycles. The highest BCUT2D eigenvalue weighted by Crippen LogP contribution is 2.62. The Morgan fingerprint density at radius 3 is 2.43 bits per heavy atom. The summed E-state index contributed by atoms with van der Waals surface area (Å²) in [4.78, 5) is 29.2. The third-order valence-corrected chi connectivity index (χ3v) is 7.65. The minimum atomic E-state index is -0.417. The van der Waals surface area contributed by atoms with Gasteiger partial charge >= 0.3 is 0 Å². The van der Waals surface area contributed by atoms with Gasteiger partial charge in [-0.2, -0.15) is 0 Å². The van der Waals surface area contributed by atoms with E-state index in [0.29, 0.717) is 13.1 Å². The number of nitrogens with zero attached hydrogens (tertiary/aromatic N) is 2. The molecular weight excluding hydrogens is 357 g/mol. The van der Waals surface area contributed by atoms with Gasteiger partial charge in [0.1, 0.15) is 5.82 Å². The van der Waals surface area contributed by atoms with Crippen molar-refractivity contribution in [2.24, 2.45) is 16.7 Å². The molecule has 1 N–H and O–H groups in total. The normalized spacial score (nSPS) is 29.1. The molecule has 0 bridgehead atoms. The second-order valence-electron chi connectivity index (χ2n) is 8.95. The van der Waals surface area contributed by atoms with Gasteiger partial charge in [-0.15, -0.1) is 0 Å². The molecule has 152 valence electrons. The fourth-order valence-electron chi connectivity index (χ4n) is 6.03. The standard InChI is InChI=1S/C22H30FN3O2/c1-16(27)26-14-19-21(7-8-22(19,15-26)20(28)24-2)9-11-25(12-10-21)13-17-3-5-18(23)6-4-17/h3-6,19H,7-15H2,1-2H3,(H,24,28)/t19-,22+/m0/s1. The summed E-state index contributed by atoms with van der Waals surface area (Å²) in [5.74, 6) is 0.222. The third kappa shape index (κ3) is 3.11. The molecule has 1 aromatic rings. The van der Waals surface area contributed by atoms with Gasteiger partial charge in [-0.25, -0.2) is 4.39 Å². The molecule has 2 aliphatic heterocycles. The Labute approximate surface area is 166 Å². The van der Waals surface area contributed by atoms with Crippen molar-refractivity contribution < 1.29 is 14.0 Å². The number of likely N-dealkylation sites (tertiary alicyclic amines) is 2. The summed E-state index contributed by atoms with van der Waals surface area (Å²) in [6.45, 7) is 5.68. The first kappa shape index (κ1) is 19.4. The predicted molar refractivity (Wildman–Crippen MR) is 105 cm³/mol. The maximum Gasteiger partial charge on any atom is 0.228 e. The van der Waals surface area contributed by atoms with Crippen molar-refractivity contribution in [1.29, 1.82) is 0 Å². The van der Waals surface area contributed by atoms with E-state index in [1.807, 2.05) is 17.0 Å². The number of benzene rings is 1. The van der Waals surface area contributed by atoms with Gasteiger partial charge < -0.3 is 10.2 Å². The lowest BCUT2D eigenvalue weighted by Crippen LogP contribution is -2.48. The van der Waals surface area contributed by atoms with Gasteiger partial charge in [0.05, 0.1) is 5.41 Å². The number of halogens is 1. The van der Waals surface area contributed by atoms with Crippen molar-refractivity contribution in [2.75, 3.05) is 33.2 Å². The average Bonchev–Trinajstić information content (AvgIpc) is 3.22. The molecule has 1 spiro atoms. The largest absolute Gasteiger partial charge is 0.359 e. The molecule has 6 heteroatoms. The third-order valence-electron chi connectivity index (χ3n) is 7.65. The van der Waals surface area contributed by atoms with Crippen molar-refractivity contribution in [3.63, 3.8) is 0 Å². The highest BCUT2D eigenvalue weighted by molar-refractivity contribution is 5.85. The summed E-state index contributed by atoms with van der Waals surface area (Å²) in [6, 6.07) is 6.75. The zero-order valence-corrected chi connectivity index (χ0v) is 16.8. The fraction of sp³-hybridized carbons (Fsp3) is 0.636. The number of piperidine rings is 1. The molecule has 4 rings (SSSR count). The van der Waals surface area contributed by atoms with Crippen LogP contribution in [-0.4, -0.2) is 54.8 Å². The van der Waals surface area contributed by atoms with E-state index in [4.69, 9.17) is 0 Å². The summed E-state index contributed by atoms with van der Waals surface area (Å²) in [6.07, 6.45) is 4.06. The van der Waals surface area contributed by atoms with Crippen LogP contribution in [0.2, 0.25) is 0 Å². The van der Waals surface area contributed by atoms with E-state index >= 15 is 0 Å². The molecule has 28 heavy (non-hydrogen) atoms. The van der Waals surface area contributed by atoms with Crippen molar-refractivity contribution in [2.45, 2.75) is 39.2 Å². The van der Waals surface area contributed by atoms with Crippen LogP contribution in [0.3, 0.4) is 0 Å². The number of hydrogen-bond donors (Lipinski definition) is 1. The summed E-state index contributed by atoms with van der Waals surface area (Å²) < 4.78 is 13.1. The molecule has 3 aliphatic rings. The lowest BCUT2D eigenvalue weighted by Gasteiger charge is -2.44. The monoisotopic (exact) mass is 387 g/mol. The maximum absolute atomic E-state index is 13.1. The van der Waals surface area contributed by atoms with E-state index in [1.54, 1.807) is 14.0 Å². The van der Waals surface area contributed by atoms with Gasteiger partial charge in [-0.1, -0.05) is 12.1 Å². The van der Waals surface area contributed by atoms with Crippen LogP contribution >= 0.6 is 0 Å². The van der Waals surface area contributed by atoms with Crippen LogP contribution in [0, 0.1) is 22.6 Å². The van der Waals surface area contributed by atoms with E-state index in [1.165, 1.54) is 12.1 Å². The second-order valence-corrected chi connectivity index (χ2v) is 8.95. The topological polar surface area (TPSA) is 52.7 Å². The van der Waals surface area contributed by atoms with Gasteiger partial charge in [0.15, 0.2) is 0 Å². The first-order valence-electron chi connectivity index (χ1n) is 10.3. The van der Waals surface area contributed by atoms with E-state index in [2.05, 4.69) is 10.2 Å². The molecule has 1 aromatic carbocycles. The quantitative estimate of drug-likeness (QED) is 0.867. The summed E-state index contributed by atoms with van der Waals surface area (Å²) >= 11 is 0. The van der Waals surface area contributed by atoms with E-state index in [-0.39, 0.29) is 29.0 Å². The number of carbonyl (C=O) groups is 2. The number of hydrogen-bond acceptors (Lipinski definition) is 3. The zero-order chi connectivity index (χ0) is 19.9. The molecule has 3 fully saturated rings. The molecular formula is C22H30FN3O2. The van der Waals surface area contributed by atoms with Crippen LogP contribution < -0.4 is 5.32 Å². The minimum absolute atomic E-state index is 0.0709. The number of rotatable bonds is 3. The number of carbonyl (C=O) groups excluding carboxylic acids is 2. The summed E-state index contributed by atoms with van der Waals surface area (Å²) in [7, 11) is 1.71. The molecule has 1 saturated carbocycles. The van der Waals surface area contributed by atoms with Crippen LogP contribution in [0.25, 0.3) is 0 Å². The van der Waals surface area contributed by atoms with Crippen LogP contribution in [0.1, 0.15) is 38.2 Å². The Balaban J connectivity index is 1.48. The molecule has 2 saturated heterocycles. The molecule has 5 nitrogen and oxygen atoms in total. The lowest BCUT2D eigenvalue weighted by atomic mass is 9.65. The molecule has 1 aliphatic carbocycles. The molecule has 2 amide bonds. The maximum atomic E-state index is 13.1. The Bertz CT molecular complexity index is 758. The van der Waals surface area contributed by atoms with Crippen molar-refractivity contribution in [3.05, 3.63) is 35.6 Å². The van der Waals surface area contributed by atoms with E-state index in [0.717, 1.165) is 50.9 Å². The highest BCUT2D eigenvalue weighted by atomic mass is 19.1. The Morgan fingerprint density at radius 2 is 1.82 bits per heavy atom. The first-order chi connectivity index (χ1) is 13.4. The van der Waals surface area contributed by atoms with Gasteiger partial charge in [0.25, 0.3) is 0 Å². The Hall–Kier alpha value is -1.95. The molecule has 0 unspecified atom stereocenters. The van der Waals surface area contributed by atoms with Gasteiger partial charge in [0.2, 0.25) is 11.8 Å². The summed E-state index contributed by atoms with van der Waals surface area (Å²) in [5.41, 5.74) is 0.863. The van der Waals surface area contributed by atoms with Crippen LogP contribution in [0.4, 0.5) is 4.39 Å². The molecule has 0 aromatic heterocycles. The van der Waals surface area contributed by atoms with Crippen molar-refractivity contribution >= 4 is 11.8 Å². The minimum Gasteiger partial charge on any atom is -0.359 e. The Kier molecular flexibility index (Phi) is 4.94. The number of amides is 2. The second kappa shape index (κ2) is 7.14. The average molecular weight is 387 g/mol. The smallest absolute Gasteiger partial charge is 0.228 e. The van der Waals surface area contributed by atoms with Crippen molar-refractivity contribution in [1.82, 2.24) is 15.1 Å². The summed E-state index contributed by atoms with van der Waals surface area (Å²) in [5, 5.41) is 2.88. The van der Waals surface area contributed by atoms with Gasteiger partial charge in [-0.3, -0.25) is 14.5 Å². The van der Waals surface area contributed by atoms with Gasteiger partial charge in [0, 0.05) is 33.6 Å². The van der Waals surface area contributed by atoms with Crippen LogP contribution in [0.5, 0.6) is 0 Å². The SMILES string of the molecule is CNC(=O)[C@@]12CCC3(CCN(Cc4ccc(F)cc4)CC3)[C@@H]1CN(C(C)=O)C2. The fourth-order valence-corrected chi connectivity index (χ4v) is 6.03. The van der Waals surface area contributed by atoms with Gasteiger partial charge in [-0.05, 0) is 67.8 Å². The molecule has 0 radical (unpaired) electrons. The number of nitrogens with one attached hydrogen (secondary N) is 1. The predicted octanol–water partition coefficient (Wildman–Crippen LogP) is 2.41. The zero-order valence-electron chi connectivity index (χ0n) is 16.8. The van der Waals surface area contributed by atoms with Crippen molar-refractivity contribution in [3.8, 4) is 0 Å². The van der Waals surface area contributed by atoms with E-state index < -0.39 is 5.41 Å².